The van der Waals surface area contributed by atoms with Gasteiger partial charge in [-0.05, 0) is 48.9 Å². The molecule has 2 aromatic carbocycles. The number of benzene rings is 2. The molecule has 0 fully saturated rings. The summed E-state index contributed by atoms with van der Waals surface area (Å²) in [5.41, 5.74) is 4.20. The van der Waals surface area contributed by atoms with Crippen LogP contribution in [0.2, 0.25) is 0 Å². The molecule has 1 atom stereocenters. The minimum absolute atomic E-state index is 0.0895. The first kappa shape index (κ1) is 19.6. The molecule has 31 heavy (non-hydrogen) atoms. The van der Waals surface area contributed by atoms with Gasteiger partial charge in [-0.15, -0.1) is 0 Å². The molecule has 5 rings (SSSR count). The molecule has 0 N–H and O–H groups in total. The highest BCUT2D eigenvalue weighted by molar-refractivity contribution is 5.79. The van der Waals surface area contributed by atoms with Crippen LogP contribution in [-0.4, -0.2) is 21.1 Å². The number of fused-ring (bicyclic) bond motifs is 1. The molecule has 0 amide bonds. The summed E-state index contributed by atoms with van der Waals surface area (Å²) >= 11 is 0. The summed E-state index contributed by atoms with van der Waals surface area (Å²) in [6.45, 7) is 0.682. The molecular weight excluding hydrogens is 396 g/mol. The fraction of sp³-hybridized carbons (Fsp3) is 0.200. The molecule has 6 heteroatoms. The zero-order chi connectivity index (χ0) is 21.2. The summed E-state index contributed by atoms with van der Waals surface area (Å²) in [6, 6.07) is 17.1. The Balaban J connectivity index is 1.47. The van der Waals surface area contributed by atoms with Gasteiger partial charge in [0.05, 0.1) is 30.6 Å². The Kier molecular flexibility index (Phi) is 5.30. The normalized spacial score (nSPS) is 15.2. The molecule has 0 saturated heterocycles. The fourth-order valence-electron chi connectivity index (χ4n) is 4.15. The highest BCUT2D eigenvalue weighted by atomic mass is 19.1. The lowest BCUT2D eigenvalue weighted by molar-refractivity contribution is 0.0905. The highest BCUT2D eigenvalue weighted by Crippen LogP contribution is 2.39. The van der Waals surface area contributed by atoms with E-state index < -0.39 is 0 Å². The first-order valence-electron chi connectivity index (χ1n) is 10.3. The third-order valence-electron chi connectivity index (χ3n) is 5.65. The van der Waals surface area contributed by atoms with E-state index in [-0.39, 0.29) is 24.3 Å². The lowest BCUT2D eigenvalue weighted by Crippen LogP contribution is -2.13. The molecule has 0 aliphatic carbocycles. The van der Waals surface area contributed by atoms with Gasteiger partial charge in [-0.1, -0.05) is 18.2 Å². The second-order valence-corrected chi connectivity index (χ2v) is 7.64. The topological polar surface area (TPSA) is 39.9 Å². The average molecular weight is 417 g/mol. The van der Waals surface area contributed by atoms with E-state index in [1.807, 2.05) is 18.2 Å². The van der Waals surface area contributed by atoms with Gasteiger partial charge in [0.25, 0.3) is 0 Å². The number of imidazole rings is 1. The molecule has 4 nitrogen and oxygen atoms in total. The van der Waals surface area contributed by atoms with Crippen molar-refractivity contribution < 1.29 is 13.5 Å². The Morgan fingerprint density at radius 2 is 1.71 bits per heavy atom. The van der Waals surface area contributed by atoms with Crippen molar-refractivity contribution in [1.82, 2.24) is 14.5 Å². The maximum Gasteiger partial charge on any atom is 0.128 e. The first-order chi connectivity index (χ1) is 15.2. The molecule has 4 aromatic rings. The van der Waals surface area contributed by atoms with Crippen LogP contribution < -0.4 is 0 Å². The Bertz CT molecular complexity index is 1190. The van der Waals surface area contributed by atoms with Gasteiger partial charge >= 0.3 is 0 Å². The van der Waals surface area contributed by atoms with Crippen LogP contribution in [0, 0.1) is 11.6 Å². The van der Waals surface area contributed by atoms with Crippen LogP contribution in [0.5, 0.6) is 0 Å². The van der Waals surface area contributed by atoms with Gasteiger partial charge in [-0.25, -0.2) is 13.8 Å². The van der Waals surface area contributed by atoms with Gasteiger partial charge in [-0.3, -0.25) is 4.98 Å². The molecule has 1 aliphatic rings. The summed E-state index contributed by atoms with van der Waals surface area (Å²) in [4.78, 5) is 9.04. The summed E-state index contributed by atoms with van der Waals surface area (Å²) in [7, 11) is 0. The predicted molar refractivity (Wildman–Crippen MR) is 114 cm³/mol. The predicted octanol–water partition coefficient (Wildman–Crippen LogP) is 5.59. The molecule has 0 saturated carbocycles. The Morgan fingerprint density at radius 1 is 0.935 bits per heavy atom. The van der Waals surface area contributed by atoms with Gasteiger partial charge in [-0.2, -0.15) is 0 Å². The van der Waals surface area contributed by atoms with Crippen molar-refractivity contribution in [3.63, 3.8) is 0 Å². The SMILES string of the molecule is Fc1ccc(-c2nc3n(c2-c2ccncc2)C(COCc2ccccc2F)CC3)cc1. The number of hydrogen-bond acceptors (Lipinski definition) is 3. The van der Waals surface area contributed by atoms with E-state index in [1.165, 1.54) is 18.2 Å². The van der Waals surface area contributed by atoms with Crippen LogP contribution in [0.25, 0.3) is 22.5 Å². The second kappa shape index (κ2) is 8.40. The van der Waals surface area contributed by atoms with Gasteiger partial charge < -0.3 is 9.30 Å². The van der Waals surface area contributed by atoms with E-state index in [9.17, 15) is 8.78 Å². The van der Waals surface area contributed by atoms with E-state index in [4.69, 9.17) is 9.72 Å². The van der Waals surface area contributed by atoms with Gasteiger partial charge in [0.1, 0.15) is 17.5 Å². The zero-order valence-corrected chi connectivity index (χ0v) is 16.8. The number of pyridine rings is 1. The molecule has 156 valence electrons. The van der Waals surface area contributed by atoms with Crippen molar-refractivity contribution in [2.75, 3.05) is 6.61 Å². The second-order valence-electron chi connectivity index (χ2n) is 7.64. The molecule has 0 bridgehead atoms. The van der Waals surface area contributed by atoms with Crippen LogP contribution in [0.1, 0.15) is 23.9 Å². The fourth-order valence-corrected chi connectivity index (χ4v) is 4.15. The van der Waals surface area contributed by atoms with Crippen molar-refractivity contribution in [3.05, 3.63) is 96.1 Å². The first-order valence-corrected chi connectivity index (χ1v) is 10.3. The van der Waals surface area contributed by atoms with Crippen molar-refractivity contribution in [3.8, 4) is 22.5 Å². The Labute approximate surface area is 179 Å². The maximum absolute atomic E-state index is 13.9. The van der Waals surface area contributed by atoms with Gasteiger partial charge in [0.15, 0.2) is 0 Å². The number of rotatable bonds is 6. The summed E-state index contributed by atoms with van der Waals surface area (Å²) in [5.74, 6) is 0.444. The molecular formula is C25H21F2N3O. The molecule has 1 aliphatic heterocycles. The smallest absolute Gasteiger partial charge is 0.128 e. The molecule has 0 spiro atoms. The lowest BCUT2D eigenvalue weighted by Gasteiger charge is -2.18. The maximum atomic E-state index is 13.9. The summed E-state index contributed by atoms with van der Waals surface area (Å²) in [5, 5.41) is 0. The van der Waals surface area contributed by atoms with Crippen molar-refractivity contribution in [1.29, 1.82) is 0 Å². The Morgan fingerprint density at radius 3 is 2.48 bits per heavy atom. The third-order valence-corrected chi connectivity index (χ3v) is 5.65. The molecule has 1 unspecified atom stereocenters. The number of aryl methyl sites for hydroxylation is 1. The highest BCUT2D eigenvalue weighted by Gasteiger charge is 2.30. The zero-order valence-electron chi connectivity index (χ0n) is 16.8. The van der Waals surface area contributed by atoms with Crippen LogP contribution in [0.3, 0.4) is 0 Å². The van der Waals surface area contributed by atoms with E-state index in [0.717, 1.165) is 41.2 Å². The number of hydrogen-bond donors (Lipinski definition) is 0. The van der Waals surface area contributed by atoms with E-state index >= 15 is 0 Å². The minimum atomic E-state index is -0.277. The largest absolute Gasteiger partial charge is 0.375 e. The van der Waals surface area contributed by atoms with Crippen LogP contribution in [-0.2, 0) is 17.8 Å². The van der Waals surface area contributed by atoms with Crippen molar-refractivity contribution in [2.24, 2.45) is 0 Å². The summed E-state index contributed by atoms with van der Waals surface area (Å²) < 4.78 is 35.5. The van der Waals surface area contributed by atoms with E-state index in [0.29, 0.717) is 12.2 Å². The van der Waals surface area contributed by atoms with Crippen molar-refractivity contribution >= 4 is 0 Å². The van der Waals surface area contributed by atoms with E-state index in [1.54, 1.807) is 36.7 Å². The van der Waals surface area contributed by atoms with Gasteiger partial charge in [0, 0.05) is 35.5 Å². The van der Waals surface area contributed by atoms with E-state index in [2.05, 4.69) is 9.55 Å². The minimum Gasteiger partial charge on any atom is -0.375 e. The standard InChI is InChI=1S/C25H21F2N3O/c26-20-7-5-17(6-8-20)24-25(18-11-13-28-14-12-18)30-21(9-10-23(30)29-24)16-31-15-19-3-1-2-4-22(19)27/h1-8,11-14,21H,9-10,15-16H2. The number of ether oxygens (including phenoxy) is 1. The monoisotopic (exact) mass is 417 g/mol. The number of nitrogens with zero attached hydrogens (tertiary/aromatic N) is 3. The number of aromatic nitrogens is 3. The number of halogens is 2. The summed E-state index contributed by atoms with van der Waals surface area (Å²) in [6.07, 6.45) is 5.24. The van der Waals surface area contributed by atoms with Crippen LogP contribution in [0.15, 0.2) is 73.1 Å². The van der Waals surface area contributed by atoms with Crippen LogP contribution >= 0.6 is 0 Å². The molecule has 0 radical (unpaired) electrons. The lowest BCUT2D eigenvalue weighted by atomic mass is 10.0. The third kappa shape index (κ3) is 3.86. The average Bonchev–Trinajstić information content (AvgIpc) is 3.36. The molecule has 3 heterocycles. The quantitative estimate of drug-likeness (QED) is 0.410. The van der Waals surface area contributed by atoms with Crippen LogP contribution in [0.4, 0.5) is 8.78 Å². The van der Waals surface area contributed by atoms with Crippen molar-refractivity contribution in [2.45, 2.75) is 25.5 Å². The molecule has 2 aromatic heterocycles. The van der Waals surface area contributed by atoms with Gasteiger partial charge in [0.2, 0.25) is 0 Å². The Hall–Kier alpha value is -3.38.